The number of carbonyl (C=O) groups excluding carboxylic acids is 3. The lowest BCUT2D eigenvalue weighted by atomic mass is 10.1. The number of hydrogen-bond donors (Lipinski definition) is 6. The maximum Gasteiger partial charge on any atom is 0.326 e. The topological polar surface area (TPSA) is 162 Å². The number of carbonyl (C=O) groups is 4. The summed E-state index contributed by atoms with van der Waals surface area (Å²) >= 11 is 4.03. The van der Waals surface area contributed by atoms with Crippen LogP contribution in [-0.4, -0.2) is 81.9 Å². The molecule has 1 fully saturated rings. The number of nitrogens with one attached hydrogen (secondary N) is 2. The molecule has 10 nitrogen and oxygen atoms in total. The maximum absolute atomic E-state index is 12.5. The number of rotatable bonds is 8. The minimum Gasteiger partial charge on any atom is -0.480 e. The van der Waals surface area contributed by atoms with E-state index in [1.807, 2.05) is 0 Å². The number of nitrogens with zero attached hydrogens (tertiary/aromatic N) is 1. The molecule has 11 heteroatoms. The molecular formula is C14H24N4O6S. The zero-order chi connectivity index (χ0) is 19.1. The van der Waals surface area contributed by atoms with Gasteiger partial charge in [-0.05, 0) is 19.8 Å². The maximum atomic E-state index is 12.5. The van der Waals surface area contributed by atoms with E-state index >= 15 is 0 Å². The average molecular weight is 376 g/mol. The van der Waals surface area contributed by atoms with Crippen molar-refractivity contribution in [3.8, 4) is 0 Å². The fourth-order valence-corrected chi connectivity index (χ4v) is 2.82. The number of likely N-dealkylation sites (tertiary alicyclic amines) is 1. The summed E-state index contributed by atoms with van der Waals surface area (Å²) in [5.41, 5.74) is 5.17. The molecule has 1 heterocycles. The second kappa shape index (κ2) is 9.59. The molecule has 0 spiro atoms. The summed E-state index contributed by atoms with van der Waals surface area (Å²) in [7, 11) is 0. The standard InChI is InChI=1S/C14H24N4O6S/c1-7(19)11(17-10(20)5-15)12(21)16-8(6-25)13(22)18-4-2-3-9(18)14(23)24/h7-9,11,19,25H,2-6,15H2,1H3,(H,16,21)(H,17,20)(H,23,24). The first-order chi connectivity index (χ1) is 11.7. The van der Waals surface area contributed by atoms with Crippen LogP contribution in [0.5, 0.6) is 0 Å². The van der Waals surface area contributed by atoms with Crippen LogP contribution in [-0.2, 0) is 19.2 Å². The van der Waals surface area contributed by atoms with E-state index in [2.05, 4.69) is 23.3 Å². The minimum absolute atomic E-state index is 0.0647. The number of aliphatic hydroxyl groups is 1. The minimum atomic E-state index is -1.29. The van der Waals surface area contributed by atoms with Gasteiger partial charge in [-0.25, -0.2) is 4.79 Å². The SMILES string of the molecule is CC(O)C(NC(=O)CN)C(=O)NC(CS)C(=O)N1CCCC1C(=O)O. The van der Waals surface area contributed by atoms with Gasteiger partial charge in [0.05, 0.1) is 12.6 Å². The van der Waals surface area contributed by atoms with Gasteiger partial charge in [-0.3, -0.25) is 14.4 Å². The summed E-state index contributed by atoms with van der Waals surface area (Å²) in [4.78, 5) is 48.6. The Labute approximate surface area is 150 Å². The van der Waals surface area contributed by atoms with Gasteiger partial charge < -0.3 is 31.5 Å². The van der Waals surface area contributed by atoms with E-state index in [9.17, 15) is 24.3 Å². The molecule has 0 aromatic carbocycles. The van der Waals surface area contributed by atoms with E-state index in [-0.39, 0.29) is 18.8 Å². The van der Waals surface area contributed by atoms with Crippen LogP contribution in [0.25, 0.3) is 0 Å². The van der Waals surface area contributed by atoms with E-state index in [1.54, 1.807) is 0 Å². The molecule has 0 aromatic heterocycles. The fourth-order valence-electron chi connectivity index (χ4n) is 2.57. The van der Waals surface area contributed by atoms with E-state index in [4.69, 9.17) is 10.8 Å². The van der Waals surface area contributed by atoms with E-state index in [1.165, 1.54) is 11.8 Å². The lowest BCUT2D eigenvalue weighted by molar-refractivity contribution is -0.149. The number of amides is 3. The molecule has 0 aliphatic carbocycles. The monoisotopic (exact) mass is 376 g/mol. The summed E-state index contributed by atoms with van der Waals surface area (Å²) in [5.74, 6) is -3.16. The zero-order valence-corrected chi connectivity index (χ0v) is 14.7. The molecule has 0 bridgehead atoms. The largest absolute Gasteiger partial charge is 0.480 e. The van der Waals surface area contributed by atoms with Crippen LogP contribution < -0.4 is 16.4 Å². The zero-order valence-electron chi connectivity index (χ0n) is 13.8. The van der Waals surface area contributed by atoms with Crippen LogP contribution in [0.4, 0.5) is 0 Å². The van der Waals surface area contributed by atoms with Crippen LogP contribution in [0.3, 0.4) is 0 Å². The molecule has 0 aromatic rings. The Morgan fingerprint density at radius 2 is 1.96 bits per heavy atom. The predicted octanol–water partition coefficient (Wildman–Crippen LogP) is -2.70. The number of aliphatic carboxylic acids is 1. The van der Waals surface area contributed by atoms with Crippen molar-refractivity contribution in [2.24, 2.45) is 5.73 Å². The van der Waals surface area contributed by atoms with Crippen molar-refractivity contribution in [3.05, 3.63) is 0 Å². The highest BCUT2D eigenvalue weighted by Crippen LogP contribution is 2.18. The van der Waals surface area contributed by atoms with E-state index in [0.717, 1.165) is 0 Å². The number of thiol groups is 1. The van der Waals surface area contributed by atoms with E-state index in [0.29, 0.717) is 12.8 Å². The Balaban J connectivity index is 2.81. The third kappa shape index (κ3) is 5.58. The molecule has 25 heavy (non-hydrogen) atoms. The molecule has 3 amide bonds. The van der Waals surface area contributed by atoms with Crippen molar-refractivity contribution in [1.29, 1.82) is 0 Å². The molecule has 0 radical (unpaired) electrons. The number of carboxylic acid groups (broad SMARTS) is 1. The summed E-state index contributed by atoms with van der Waals surface area (Å²) in [5, 5.41) is 23.5. The van der Waals surface area contributed by atoms with Gasteiger partial charge >= 0.3 is 5.97 Å². The van der Waals surface area contributed by atoms with Gasteiger partial charge in [0.15, 0.2) is 0 Å². The van der Waals surface area contributed by atoms with Gasteiger partial charge in [0.25, 0.3) is 0 Å². The Morgan fingerprint density at radius 1 is 1.32 bits per heavy atom. The van der Waals surface area contributed by atoms with Crippen LogP contribution in [0.1, 0.15) is 19.8 Å². The second-order valence-electron chi connectivity index (χ2n) is 5.76. The molecule has 1 saturated heterocycles. The van der Waals surface area contributed by atoms with Crippen LogP contribution in [0.2, 0.25) is 0 Å². The van der Waals surface area contributed by atoms with Crippen LogP contribution in [0.15, 0.2) is 0 Å². The first-order valence-electron chi connectivity index (χ1n) is 7.84. The highest BCUT2D eigenvalue weighted by molar-refractivity contribution is 7.80. The highest BCUT2D eigenvalue weighted by atomic mass is 32.1. The summed E-state index contributed by atoms with van der Waals surface area (Å²) in [6, 6.07) is -3.30. The molecule has 142 valence electrons. The van der Waals surface area contributed by atoms with Crippen molar-refractivity contribution < 1.29 is 29.4 Å². The number of carboxylic acids is 1. The van der Waals surface area contributed by atoms with Crippen molar-refractivity contribution in [2.45, 2.75) is 44.0 Å². The van der Waals surface area contributed by atoms with Crippen LogP contribution in [0, 0.1) is 0 Å². The average Bonchev–Trinajstić information content (AvgIpc) is 3.05. The van der Waals surface area contributed by atoms with Gasteiger partial charge in [-0.1, -0.05) is 0 Å². The molecule has 1 aliphatic rings. The molecule has 4 atom stereocenters. The van der Waals surface area contributed by atoms with Crippen LogP contribution >= 0.6 is 12.6 Å². The summed E-state index contributed by atoms with van der Waals surface area (Å²) in [6.07, 6.45) is -0.319. The summed E-state index contributed by atoms with van der Waals surface area (Å²) in [6.45, 7) is 1.22. The molecule has 4 unspecified atom stereocenters. The molecular weight excluding hydrogens is 352 g/mol. The third-order valence-corrected chi connectivity index (χ3v) is 4.25. The normalized spacial score (nSPS) is 20.5. The number of hydrogen-bond acceptors (Lipinski definition) is 7. The highest BCUT2D eigenvalue weighted by Gasteiger charge is 2.38. The Bertz CT molecular complexity index is 529. The first-order valence-corrected chi connectivity index (χ1v) is 8.48. The van der Waals surface area contributed by atoms with Crippen molar-refractivity contribution in [3.63, 3.8) is 0 Å². The summed E-state index contributed by atoms with van der Waals surface area (Å²) < 4.78 is 0. The Hall–Kier alpha value is -1.85. The fraction of sp³-hybridized carbons (Fsp3) is 0.714. The van der Waals surface area contributed by atoms with Gasteiger partial charge in [0.2, 0.25) is 17.7 Å². The Kier molecular flexibility index (Phi) is 8.13. The van der Waals surface area contributed by atoms with E-state index < -0.39 is 47.9 Å². The smallest absolute Gasteiger partial charge is 0.326 e. The van der Waals surface area contributed by atoms with Crippen molar-refractivity contribution in [1.82, 2.24) is 15.5 Å². The van der Waals surface area contributed by atoms with Gasteiger partial charge in [-0.15, -0.1) is 0 Å². The van der Waals surface area contributed by atoms with Crippen molar-refractivity contribution >= 4 is 36.3 Å². The lowest BCUT2D eigenvalue weighted by Crippen LogP contribution is -2.59. The molecule has 0 saturated carbocycles. The van der Waals surface area contributed by atoms with Gasteiger partial charge in [0.1, 0.15) is 18.1 Å². The van der Waals surface area contributed by atoms with Gasteiger partial charge in [0, 0.05) is 12.3 Å². The molecule has 6 N–H and O–H groups in total. The van der Waals surface area contributed by atoms with Gasteiger partial charge in [-0.2, -0.15) is 12.6 Å². The molecule has 1 aliphatic heterocycles. The Morgan fingerprint density at radius 3 is 2.44 bits per heavy atom. The predicted molar refractivity (Wildman–Crippen MR) is 90.8 cm³/mol. The first kappa shape index (κ1) is 21.2. The third-order valence-electron chi connectivity index (χ3n) is 3.88. The lowest BCUT2D eigenvalue weighted by Gasteiger charge is -2.28. The molecule has 1 rings (SSSR count). The number of aliphatic hydroxyl groups excluding tert-OH is 1. The van der Waals surface area contributed by atoms with Crippen molar-refractivity contribution in [2.75, 3.05) is 18.8 Å². The quantitative estimate of drug-likeness (QED) is 0.251. The number of nitrogens with two attached hydrogens (primary N) is 1. The second-order valence-corrected chi connectivity index (χ2v) is 6.13.